The first-order chi connectivity index (χ1) is 18.2. The molecule has 10 N–H and O–H groups in total. The van der Waals surface area contributed by atoms with Crippen LogP contribution in [0.25, 0.3) is 0 Å². The van der Waals surface area contributed by atoms with Crippen LogP contribution in [0.3, 0.4) is 0 Å². The molecule has 216 valence electrons. The van der Waals surface area contributed by atoms with E-state index in [0.29, 0.717) is 5.56 Å². The molecule has 0 aliphatic heterocycles. The van der Waals surface area contributed by atoms with E-state index in [-0.39, 0.29) is 43.8 Å². The first-order valence-corrected chi connectivity index (χ1v) is 12.4. The summed E-state index contributed by atoms with van der Waals surface area (Å²) in [6.07, 6.45) is -1.03. The van der Waals surface area contributed by atoms with Crippen molar-refractivity contribution < 1.29 is 44.1 Å². The van der Waals surface area contributed by atoms with Crippen LogP contribution in [0.1, 0.15) is 51.5 Å². The van der Waals surface area contributed by atoms with Crippen molar-refractivity contribution in [1.82, 2.24) is 16.0 Å². The first kappa shape index (κ1) is 32.8. The number of rotatable bonds is 17. The van der Waals surface area contributed by atoms with Gasteiger partial charge < -0.3 is 42.7 Å². The summed E-state index contributed by atoms with van der Waals surface area (Å²) in [5.74, 6) is -5.81. The van der Waals surface area contributed by atoms with Crippen LogP contribution in [0, 0.1) is 5.92 Å². The number of carboxylic acid groups (broad SMARTS) is 2. The number of carbonyl (C=O) groups is 6. The third kappa shape index (κ3) is 12.7. The van der Waals surface area contributed by atoms with Crippen molar-refractivity contribution in [3.63, 3.8) is 0 Å². The lowest BCUT2D eigenvalue weighted by Gasteiger charge is -2.26. The van der Waals surface area contributed by atoms with Crippen molar-refractivity contribution >= 4 is 35.6 Å². The summed E-state index contributed by atoms with van der Waals surface area (Å²) in [7, 11) is 0. The fourth-order valence-electron chi connectivity index (χ4n) is 3.56. The lowest BCUT2D eigenvalue weighted by atomic mass is 10.0. The van der Waals surface area contributed by atoms with E-state index < -0.39 is 66.2 Å². The number of carbonyl (C=O) groups excluding carboxylic acids is 4. The normalized spacial score (nSPS) is 13.9. The topological polar surface area (TPSA) is 251 Å². The molecule has 1 rings (SSSR count). The fraction of sp³-hybridized carbons (Fsp3) is 0.520. The molecule has 14 nitrogen and oxygen atoms in total. The van der Waals surface area contributed by atoms with E-state index in [4.69, 9.17) is 16.6 Å². The van der Waals surface area contributed by atoms with Gasteiger partial charge in [-0.3, -0.25) is 24.0 Å². The second-order valence-electron chi connectivity index (χ2n) is 9.57. The molecule has 1 aromatic rings. The number of nitrogens with two attached hydrogens (primary N) is 2. The zero-order chi connectivity index (χ0) is 29.7. The molecule has 0 aliphatic rings. The van der Waals surface area contributed by atoms with E-state index in [2.05, 4.69) is 16.0 Å². The number of hydrogen-bond donors (Lipinski definition) is 8. The van der Waals surface area contributed by atoms with E-state index in [1.54, 1.807) is 13.8 Å². The van der Waals surface area contributed by atoms with Crippen molar-refractivity contribution in [2.24, 2.45) is 17.4 Å². The molecule has 0 saturated heterocycles. The Bertz CT molecular complexity index is 1030. The van der Waals surface area contributed by atoms with Crippen LogP contribution in [-0.2, 0) is 35.2 Å². The van der Waals surface area contributed by atoms with E-state index in [1.807, 2.05) is 0 Å². The van der Waals surface area contributed by atoms with Crippen molar-refractivity contribution in [3.05, 3.63) is 29.8 Å². The highest BCUT2D eigenvalue weighted by molar-refractivity contribution is 5.94. The number of amides is 4. The summed E-state index contributed by atoms with van der Waals surface area (Å²) in [5, 5.41) is 35.3. The summed E-state index contributed by atoms with van der Waals surface area (Å²) in [5.41, 5.74) is 11.4. The maximum Gasteiger partial charge on any atom is 0.326 e. The molecule has 39 heavy (non-hydrogen) atoms. The van der Waals surface area contributed by atoms with Crippen LogP contribution in [0.15, 0.2) is 24.3 Å². The van der Waals surface area contributed by atoms with Gasteiger partial charge in [0.1, 0.15) is 23.9 Å². The molecule has 0 aromatic heterocycles. The lowest BCUT2D eigenvalue weighted by Crippen LogP contribution is -2.57. The van der Waals surface area contributed by atoms with Crippen LogP contribution in [0.4, 0.5) is 0 Å². The highest BCUT2D eigenvalue weighted by Crippen LogP contribution is 2.12. The number of benzene rings is 1. The number of aliphatic carboxylic acids is 2. The van der Waals surface area contributed by atoms with Crippen LogP contribution < -0.4 is 27.4 Å². The molecule has 0 bridgehead atoms. The highest BCUT2D eigenvalue weighted by atomic mass is 16.4. The van der Waals surface area contributed by atoms with Crippen molar-refractivity contribution in [2.45, 2.75) is 76.5 Å². The molecule has 4 atom stereocenters. The van der Waals surface area contributed by atoms with E-state index in [9.17, 15) is 39.0 Å². The second kappa shape index (κ2) is 15.9. The minimum absolute atomic E-state index is 0.0250. The first-order valence-electron chi connectivity index (χ1n) is 12.4. The Kier molecular flexibility index (Phi) is 13.4. The van der Waals surface area contributed by atoms with Crippen molar-refractivity contribution in [1.29, 1.82) is 0 Å². The number of primary amides is 1. The van der Waals surface area contributed by atoms with Crippen LogP contribution >= 0.6 is 0 Å². The van der Waals surface area contributed by atoms with E-state index in [1.165, 1.54) is 24.3 Å². The minimum atomic E-state index is -1.43. The molecule has 0 fully saturated rings. The van der Waals surface area contributed by atoms with Gasteiger partial charge in [-0.05, 0) is 42.9 Å². The molecule has 4 unspecified atom stereocenters. The van der Waals surface area contributed by atoms with Crippen LogP contribution in [-0.4, -0.2) is 75.1 Å². The number of aromatic hydroxyl groups is 1. The lowest BCUT2D eigenvalue weighted by molar-refractivity contribution is -0.143. The van der Waals surface area contributed by atoms with Gasteiger partial charge in [0.05, 0.1) is 6.04 Å². The summed E-state index contributed by atoms with van der Waals surface area (Å²) in [4.78, 5) is 72.5. The third-order valence-electron chi connectivity index (χ3n) is 5.65. The SMILES string of the molecule is CC(C)CC(NC(=O)C(N)CCC(N)=O)C(=O)NC(CCC(=O)O)C(=O)NC(Cc1ccc(O)cc1)C(=O)O. The fourth-order valence-corrected chi connectivity index (χ4v) is 3.56. The van der Waals surface area contributed by atoms with Gasteiger partial charge in [-0.25, -0.2) is 4.79 Å². The van der Waals surface area contributed by atoms with Crippen molar-refractivity contribution in [3.8, 4) is 5.75 Å². The maximum absolute atomic E-state index is 13.1. The second-order valence-corrected chi connectivity index (χ2v) is 9.57. The van der Waals surface area contributed by atoms with Gasteiger partial charge in [0.15, 0.2) is 0 Å². The Balaban J connectivity index is 3.04. The van der Waals surface area contributed by atoms with Crippen LogP contribution in [0.2, 0.25) is 0 Å². The number of carboxylic acids is 2. The molecule has 0 saturated carbocycles. The van der Waals surface area contributed by atoms with Gasteiger partial charge in [-0.15, -0.1) is 0 Å². The molecule has 4 amide bonds. The Hall–Kier alpha value is -4.20. The number of hydrogen-bond acceptors (Lipinski definition) is 8. The van der Waals surface area contributed by atoms with Gasteiger partial charge in [0.2, 0.25) is 23.6 Å². The molecular formula is C25H37N5O9. The molecule has 14 heteroatoms. The summed E-state index contributed by atoms with van der Waals surface area (Å²) >= 11 is 0. The predicted octanol–water partition coefficient (Wildman–Crippen LogP) is -1.02. The Labute approximate surface area is 225 Å². The highest BCUT2D eigenvalue weighted by Gasteiger charge is 2.31. The van der Waals surface area contributed by atoms with E-state index in [0.717, 1.165) is 0 Å². The molecule has 1 aromatic carbocycles. The zero-order valence-electron chi connectivity index (χ0n) is 21.9. The van der Waals surface area contributed by atoms with E-state index >= 15 is 0 Å². The number of nitrogens with one attached hydrogen (secondary N) is 3. The summed E-state index contributed by atoms with van der Waals surface area (Å²) in [6.45, 7) is 3.57. The smallest absolute Gasteiger partial charge is 0.326 e. The number of phenols is 1. The quantitative estimate of drug-likeness (QED) is 0.117. The predicted molar refractivity (Wildman–Crippen MR) is 138 cm³/mol. The standard InChI is InChI=1S/C25H37N5O9/c1-13(2)11-18(29-22(35)16(26)7-9-20(27)32)24(37)28-17(8-10-21(33)34)23(36)30-19(25(38)39)12-14-3-5-15(31)6-4-14/h3-6,13,16-19,31H,7-12,26H2,1-2H3,(H2,27,32)(H,28,37)(H,29,35)(H,30,36)(H,33,34)(H,38,39). The Morgan fingerprint density at radius 2 is 1.33 bits per heavy atom. The van der Waals surface area contributed by atoms with Gasteiger partial charge in [-0.1, -0.05) is 26.0 Å². The molecular weight excluding hydrogens is 514 g/mol. The largest absolute Gasteiger partial charge is 0.508 e. The Morgan fingerprint density at radius 1 is 0.795 bits per heavy atom. The molecule has 0 aliphatic carbocycles. The Morgan fingerprint density at radius 3 is 1.85 bits per heavy atom. The third-order valence-corrected chi connectivity index (χ3v) is 5.65. The van der Waals surface area contributed by atoms with Gasteiger partial charge >= 0.3 is 11.9 Å². The average molecular weight is 552 g/mol. The van der Waals surface area contributed by atoms with Crippen LogP contribution in [0.5, 0.6) is 5.75 Å². The van der Waals surface area contributed by atoms with Gasteiger partial charge in [0, 0.05) is 19.3 Å². The molecule has 0 radical (unpaired) electrons. The van der Waals surface area contributed by atoms with Gasteiger partial charge in [0.25, 0.3) is 0 Å². The monoisotopic (exact) mass is 551 g/mol. The summed E-state index contributed by atoms with van der Waals surface area (Å²) < 4.78 is 0. The minimum Gasteiger partial charge on any atom is -0.508 e. The number of phenolic OH excluding ortho intramolecular Hbond substituents is 1. The van der Waals surface area contributed by atoms with Gasteiger partial charge in [-0.2, -0.15) is 0 Å². The average Bonchev–Trinajstić information content (AvgIpc) is 2.84. The zero-order valence-corrected chi connectivity index (χ0v) is 21.9. The maximum atomic E-state index is 13.1. The summed E-state index contributed by atoms with van der Waals surface area (Å²) in [6, 6.07) is 0.560. The molecule has 0 heterocycles. The molecule has 0 spiro atoms. The van der Waals surface area contributed by atoms with Crippen molar-refractivity contribution in [2.75, 3.05) is 0 Å².